The van der Waals surface area contributed by atoms with E-state index in [2.05, 4.69) is 20.8 Å². The van der Waals surface area contributed by atoms with Gasteiger partial charge in [0.2, 0.25) is 5.82 Å². The maximum Gasteiger partial charge on any atom is 0.380 e. The first-order valence-electron chi connectivity index (χ1n) is 6.84. The summed E-state index contributed by atoms with van der Waals surface area (Å²) in [5.41, 5.74) is 4.66. The monoisotopic (exact) mass is 325 g/mol. The van der Waals surface area contributed by atoms with Crippen LogP contribution in [0.5, 0.6) is 0 Å². The number of azo groups is 1. The zero-order valence-corrected chi connectivity index (χ0v) is 12.9. The summed E-state index contributed by atoms with van der Waals surface area (Å²) in [5.74, 6) is 0.172. The van der Waals surface area contributed by atoms with E-state index in [1.807, 2.05) is 48.7 Å². The molecule has 3 heterocycles. The Balaban J connectivity index is 1.75. The largest absolute Gasteiger partial charge is 0.380 e. The highest BCUT2D eigenvalue weighted by Gasteiger charge is 2.34. The van der Waals surface area contributed by atoms with Crippen LogP contribution in [0.1, 0.15) is 10.4 Å². The van der Waals surface area contributed by atoms with Crippen LogP contribution in [0.15, 0.2) is 68.5 Å². The van der Waals surface area contributed by atoms with Crippen molar-refractivity contribution in [2.45, 2.75) is 6.92 Å². The molecule has 0 radical (unpaired) electrons. The molecule has 0 unspecified atom stereocenters. The Bertz CT molecular complexity index is 853. The lowest BCUT2D eigenvalue weighted by Crippen LogP contribution is -2.29. The molecule has 1 fully saturated rings. The standard InChI is InChI=1S/C15H11N5O2S/c1-9-4-6-10(7-5-9)20-12(15(21)22-19-20)14-16-13(17-18-14)11-3-2-8-23-11/h2-8,19H,1H3/b14-12-. The minimum atomic E-state index is -0.546. The second-order valence-corrected chi connectivity index (χ2v) is 5.88. The molecule has 2 aliphatic heterocycles. The van der Waals surface area contributed by atoms with E-state index in [9.17, 15) is 4.79 Å². The summed E-state index contributed by atoms with van der Waals surface area (Å²) < 4.78 is 0. The summed E-state index contributed by atoms with van der Waals surface area (Å²) >= 11 is 1.51. The number of hydrogen-bond acceptors (Lipinski definition) is 8. The van der Waals surface area contributed by atoms with Crippen molar-refractivity contribution in [3.63, 3.8) is 0 Å². The average molecular weight is 325 g/mol. The van der Waals surface area contributed by atoms with Gasteiger partial charge in [-0.05, 0) is 30.5 Å². The van der Waals surface area contributed by atoms with Gasteiger partial charge in [0.15, 0.2) is 11.5 Å². The lowest BCUT2D eigenvalue weighted by molar-refractivity contribution is -0.140. The summed E-state index contributed by atoms with van der Waals surface area (Å²) in [6.45, 7) is 1.99. The van der Waals surface area contributed by atoms with Gasteiger partial charge in [0.1, 0.15) is 0 Å². The summed E-state index contributed by atoms with van der Waals surface area (Å²) in [6, 6.07) is 11.4. The second-order valence-electron chi connectivity index (χ2n) is 4.94. The van der Waals surface area contributed by atoms with E-state index in [0.29, 0.717) is 5.84 Å². The number of nitrogens with one attached hydrogen (secondary N) is 1. The molecule has 1 N–H and O–H groups in total. The van der Waals surface area contributed by atoms with Crippen molar-refractivity contribution in [2.24, 2.45) is 15.2 Å². The number of anilines is 1. The summed E-state index contributed by atoms with van der Waals surface area (Å²) in [4.78, 5) is 22.2. The van der Waals surface area contributed by atoms with Crippen LogP contribution in [0.4, 0.5) is 5.69 Å². The van der Waals surface area contributed by atoms with E-state index < -0.39 is 5.97 Å². The number of thiophene rings is 1. The van der Waals surface area contributed by atoms with Crippen LogP contribution in [0.2, 0.25) is 0 Å². The maximum absolute atomic E-state index is 12.1. The fourth-order valence-corrected chi connectivity index (χ4v) is 2.84. The lowest BCUT2D eigenvalue weighted by atomic mass is 10.2. The smallest absolute Gasteiger partial charge is 0.345 e. The highest BCUT2D eigenvalue weighted by Crippen LogP contribution is 2.28. The Morgan fingerprint density at radius 2 is 2.00 bits per heavy atom. The number of aliphatic imine (C=N–C) groups is 1. The minimum absolute atomic E-state index is 0.212. The number of nitrogens with zero attached hydrogens (tertiary/aromatic N) is 4. The van der Waals surface area contributed by atoms with Crippen molar-refractivity contribution in [3.05, 3.63) is 63.7 Å². The molecule has 7 nitrogen and oxygen atoms in total. The number of hydrogen-bond donors (Lipinski definition) is 1. The molecule has 1 aromatic heterocycles. The van der Waals surface area contributed by atoms with Crippen LogP contribution in [-0.2, 0) is 9.63 Å². The molecular weight excluding hydrogens is 314 g/mol. The molecule has 0 atom stereocenters. The zero-order valence-electron chi connectivity index (χ0n) is 12.1. The first-order valence-corrected chi connectivity index (χ1v) is 7.72. The maximum atomic E-state index is 12.1. The predicted molar refractivity (Wildman–Crippen MR) is 85.6 cm³/mol. The van der Waals surface area contributed by atoms with E-state index in [1.54, 1.807) is 0 Å². The van der Waals surface area contributed by atoms with E-state index in [1.165, 1.54) is 16.3 Å². The number of carbonyl (C=O) groups excluding carboxylic acids is 1. The van der Waals surface area contributed by atoms with Crippen LogP contribution in [-0.4, -0.2) is 11.8 Å². The molecule has 1 saturated heterocycles. The van der Waals surface area contributed by atoms with Gasteiger partial charge in [-0.1, -0.05) is 29.4 Å². The molecule has 2 aromatic rings. The van der Waals surface area contributed by atoms with E-state index >= 15 is 0 Å². The summed E-state index contributed by atoms with van der Waals surface area (Å²) in [6.07, 6.45) is 0. The van der Waals surface area contributed by atoms with Gasteiger partial charge in [-0.2, -0.15) is 0 Å². The van der Waals surface area contributed by atoms with Gasteiger partial charge in [0, 0.05) is 0 Å². The molecule has 0 aliphatic carbocycles. The van der Waals surface area contributed by atoms with Crippen LogP contribution >= 0.6 is 11.3 Å². The van der Waals surface area contributed by atoms with Crippen molar-refractivity contribution in [1.29, 1.82) is 0 Å². The van der Waals surface area contributed by atoms with Crippen molar-refractivity contribution >= 4 is 28.8 Å². The van der Waals surface area contributed by atoms with Gasteiger partial charge in [-0.25, -0.2) is 14.8 Å². The Hall–Kier alpha value is -2.84. The number of rotatable bonds is 2. The Morgan fingerprint density at radius 1 is 1.17 bits per heavy atom. The summed E-state index contributed by atoms with van der Waals surface area (Å²) in [5, 5.41) is 11.5. The molecule has 23 heavy (non-hydrogen) atoms. The molecule has 0 saturated carbocycles. The first-order chi connectivity index (χ1) is 11.2. The van der Waals surface area contributed by atoms with Crippen LogP contribution in [0, 0.1) is 6.92 Å². The van der Waals surface area contributed by atoms with E-state index in [0.717, 1.165) is 16.1 Å². The fourth-order valence-electron chi connectivity index (χ4n) is 2.19. The van der Waals surface area contributed by atoms with E-state index in [4.69, 9.17) is 4.84 Å². The third-order valence-electron chi connectivity index (χ3n) is 3.34. The Kier molecular flexibility index (Phi) is 3.25. The molecule has 1 aromatic carbocycles. The third kappa shape index (κ3) is 2.43. The minimum Gasteiger partial charge on any atom is -0.345 e. The number of hydrazine groups is 1. The van der Waals surface area contributed by atoms with Crippen molar-refractivity contribution in [1.82, 2.24) is 5.59 Å². The molecule has 4 rings (SSSR count). The van der Waals surface area contributed by atoms with Gasteiger partial charge in [-0.15, -0.1) is 21.6 Å². The van der Waals surface area contributed by atoms with Gasteiger partial charge < -0.3 is 4.84 Å². The lowest BCUT2D eigenvalue weighted by Gasteiger charge is -2.15. The molecule has 2 aliphatic rings. The number of benzene rings is 1. The van der Waals surface area contributed by atoms with Crippen LogP contribution in [0.3, 0.4) is 0 Å². The number of aryl methyl sites for hydroxylation is 1. The fraction of sp³-hybridized carbons (Fsp3) is 0.0667. The number of amidine groups is 1. The predicted octanol–water partition coefficient (Wildman–Crippen LogP) is 2.92. The average Bonchev–Trinajstić information content (AvgIpc) is 3.27. The summed E-state index contributed by atoms with van der Waals surface area (Å²) in [7, 11) is 0. The third-order valence-corrected chi connectivity index (χ3v) is 4.21. The topological polar surface area (TPSA) is 78.6 Å². The quantitative estimate of drug-likeness (QED) is 0.861. The van der Waals surface area contributed by atoms with Gasteiger partial charge >= 0.3 is 5.97 Å². The molecule has 0 amide bonds. The second kappa shape index (κ2) is 5.41. The zero-order chi connectivity index (χ0) is 15.8. The van der Waals surface area contributed by atoms with Gasteiger partial charge in [0.25, 0.3) is 0 Å². The normalized spacial score (nSPS) is 20.1. The molecule has 8 heteroatoms. The highest BCUT2D eigenvalue weighted by atomic mass is 32.1. The van der Waals surface area contributed by atoms with Gasteiger partial charge in [0.05, 0.1) is 10.6 Å². The SMILES string of the molecule is Cc1ccc(N2NOC(=O)/C2=C2/N=NC(c3cccs3)=N2)cc1. The number of carbonyl (C=O) groups is 1. The van der Waals surface area contributed by atoms with E-state index in [-0.39, 0.29) is 11.5 Å². The molecule has 0 bridgehead atoms. The first kappa shape index (κ1) is 13.8. The highest BCUT2D eigenvalue weighted by molar-refractivity contribution is 7.12. The van der Waals surface area contributed by atoms with Crippen LogP contribution < -0.4 is 10.6 Å². The Morgan fingerprint density at radius 3 is 2.74 bits per heavy atom. The molecular formula is C15H11N5O2S. The van der Waals surface area contributed by atoms with Crippen LogP contribution in [0.25, 0.3) is 0 Å². The van der Waals surface area contributed by atoms with Crippen molar-refractivity contribution in [3.8, 4) is 0 Å². The van der Waals surface area contributed by atoms with Crippen molar-refractivity contribution in [2.75, 3.05) is 5.01 Å². The van der Waals surface area contributed by atoms with Gasteiger partial charge in [-0.3, -0.25) is 0 Å². The molecule has 114 valence electrons. The Labute approximate surface area is 135 Å². The molecule has 0 spiro atoms. The van der Waals surface area contributed by atoms with Crippen molar-refractivity contribution < 1.29 is 9.63 Å².